The van der Waals surface area contributed by atoms with Crippen LogP contribution in [0.25, 0.3) is 0 Å². The van der Waals surface area contributed by atoms with Crippen LogP contribution in [0.2, 0.25) is 0 Å². The molecule has 27 heavy (non-hydrogen) atoms. The number of pyridine rings is 1. The van der Waals surface area contributed by atoms with Crippen LogP contribution in [0.5, 0.6) is 0 Å². The number of thiophene rings is 1. The SMILES string of the molecule is CCCCc1ccc(C(NC(=O)Cn2ccccc2=O)c2cccs2)cc1. The summed E-state index contributed by atoms with van der Waals surface area (Å²) in [6, 6.07) is 17.1. The number of aromatic nitrogens is 1. The molecule has 0 aliphatic carbocycles. The van der Waals surface area contributed by atoms with Crippen molar-refractivity contribution >= 4 is 17.2 Å². The van der Waals surface area contributed by atoms with Crippen molar-refractivity contribution in [1.29, 1.82) is 0 Å². The van der Waals surface area contributed by atoms with Crippen molar-refractivity contribution in [3.05, 3.63) is 92.5 Å². The molecule has 0 saturated heterocycles. The fourth-order valence-corrected chi connectivity index (χ4v) is 3.79. The number of benzene rings is 1. The van der Waals surface area contributed by atoms with Gasteiger partial charge in [-0.05, 0) is 41.5 Å². The summed E-state index contributed by atoms with van der Waals surface area (Å²) in [6.45, 7) is 2.20. The minimum atomic E-state index is -0.211. The van der Waals surface area contributed by atoms with Gasteiger partial charge < -0.3 is 9.88 Å². The van der Waals surface area contributed by atoms with Gasteiger partial charge in [0, 0.05) is 17.1 Å². The quantitative estimate of drug-likeness (QED) is 0.638. The summed E-state index contributed by atoms with van der Waals surface area (Å²) in [4.78, 5) is 25.5. The molecule has 1 N–H and O–H groups in total. The van der Waals surface area contributed by atoms with Crippen LogP contribution in [0.3, 0.4) is 0 Å². The van der Waals surface area contributed by atoms with E-state index in [0.29, 0.717) is 0 Å². The van der Waals surface area contributed by atoms with E-state index >= 15 is 0 Å². The Labute approximate surface area is 163 Å². The molecule has 0 aliphatic rings. The molecule has 3 rings (SSSR count). The molecule has 1 amide bonds. The Hall–Kier alpha value is -2.66. The first-order chi connectivity index (χ1) is 13.2. The number of rotatable bonds is 8. The van der Waals surface area contributed by atoms with Gasteiger partial charge in [0.2, 0.25) is 5.91 Å². The van der Waals surface area contributed by atoms with Crippen LogP contribution in [0.1, 0.15) is 41.8 Å². The highest BCUT2D eigenvalue weighted by molar-refractivity contribution is 7.10. The van der Waals surface area contributed by atoms with Gasteiger partial charge in [0.1, 0.15) is 6.54 Å². The third-order valence-corrected chi connectivity index (χ3v) is 5.42. The van der Waals surface area contributed by atoms with E-state index in [0.717, 1.165) is 16.9 Å². The second-order valence-electron chi connectivity index (χ2n) is 6.53. The molecule has 2 aromatic heterocycles. The lowest BCUT2D eigenvalue weighted by Crippen LogP contribution is -2.34. The van der Waals surface area contributed by atoms with Gasteiger partial charge in [-0.15, -0.1) is 11.3 Å². The molecule has 0 radical (unpaired) electrons. The summed E-state index contributed by atoms with van der Waals surface area (Å²) in [5.74, 6) is -0.184. The molecule has 0 bridgehead atoms. The van der Waals surface area contributed by atoms with Crippen molar-refractivity contribution in [2.75, 3.05) is 0 Å². The molecule has 4 nitrogen and oxygen atoms in total. The lowest BCUT2D eigenvalue weighted by molar-refractivity contribution is -0.122. The monoisotopic (exact) mass is 380 g/mol. The smallest absolute Gasteiger partial charge is 0.250 e. The lowest BCUT2D eigenvalue weighted by atomic mass is 10.0. The minimum Gasteiger partial charge on any atom is -0.343 e. The first kappa shape index (κ1) is 19.1. The molecule has 0 fully saturated rings. The van der Waals surface area contributed by atoms with Crippen molar-refractivity contribution in [3.63, 3.8) is 0 Å². The molecular weight excluding hydrogens is 356 g/mol. The maximum absolute atomic E-state index is 12.6. The number of hydrogen-bond acceptors (Lipinski definition) is 3. The van der Waals surface area contributed by atoms with Crippen LogP contribution in [0.4, 0.5) is 0 Å². The number of nitrogens with zero attached hydrogens (tertiary/aromatic N) is 1. The third kappa shape index (κ3) is 5.17. The molecule has 1 atom stereocenters. The highest BCUT2D eigenvalue weighted by atomic mass is 32.1. The van der Waals surface area contributed by atoms with Crippen molar-refractivity contribution in [1.82, 2.24) is 9.88 Å². The standard InChI is InChI=1S/C22H24N2O2S/c1-2-3-7-17-10-12-18(13-11-17)22(19-8-6-15-27-19)23-20(25)16-24-14-5-4-9-21(24)26/h4-6,8-15,22H,2-3,7,16H2,1H3,(H,23,25). The Morgan fingerprint density at radius 3 is 2.59 bits per heavy atom. The van der Waals surface area contributed by atoms with Crippen LogP contribution >= 0.6 is 11.3 Å². The van der Waals surface area contributed by atoms with Gasteiger partial charge in [0.15, 0.2) is 0 Å². The molecule has 1 aromatic carbocycles. The van der Waals surface area contributed by atoms with E-state index in [1.165, 1.54) is 29.0 Å². The predicted molar refractivity (Wildman–Crippen MR) is 110 cm³/mol. The maximum atomic E-state index is 12.6. The molecule has 0 spiro atoms. The largest absolute Gasteiger partial charge is 0.343 e. The van der Waals surface area contributed by atoms with Crippen LogP contribution in [-0.2, 0) is 17.8 Å². The molecular formula is C22H24N2O2S. The number of aryl methyl sites for hydroxylation is 1. The number of nitrogens with one attached hydrogen (secondary N) is 1. The zero-order chi connectivity index (χ0) is 19.1. The highest BCUT2D eigenvalue weighted by Crippen LogP contribution is 2.26. The summed E-state index contributed by atoms with van der Waals surface area (Å²) in [5.41, 5.74) is 2.18. The zero-order valence-electron chi connectivity index (χ0n) is 15.4. The number of amides is 1. The van der Waals surface area contributed by atoms with Gasteiger partial charge in [-0.2, -0.15) is 0 Å². The molecule has 5 heteroatoms. The predicted octanol–water partition coefficient (Wildman–Crippen LogP) is 4.16. The Balaban J connectivity index is 1.77. The fraction of sp³-hybridized carbons (Fsp3) is 0.273. The first-order valence-electron chi connectivity index (χ1n) is 9.24. The molecule has 140 valence electrons. The number of carbonyl (C=O) groups excluding carboxylic acids is 1. The topological polar surface area (TPSA) is 51.1 Å². The van der Waals surface area contributed by atoms with Crippen molar-refractivity contribution in [3.8, 4) is 0 Å². The van der Waals surface area contributed by atoms with Crippen LogP contribution < -0.4 is 10.9 Å². The van der Waals surface area contributed by atoms with Crippen LogP contribution in [0, 0.1) is 0 Å². The van der Waals surface area contributed by atoms with E-state index in [4.69, 9.17) is 0 Å². The van der Waals surface area contributed by atoms with E-state index in [9.17, 15) is 9.59 Å². The summed E-state index contributed by atoms with van der Waals surface area (Å²) in [6.07, 6.45) is 5.05. The molecule has 2 heterocycles. The second-order valence-corrected chi connectivity index (χ2v) is 7.51. The zero-order valence-corrected chi connectivity index (χ0v) is 16.2. The van der Waals surface area contributed by atoms with Gasteiger partial charge >= 0.3 is 0 Å². The molecule has 1 unspecified atom stereocenters. The number of carbonyl (C=O) groups is 1. The number of hydrogen-bond donors (Lipinski definition) is 1. The second kappa shape index (κ2) is 9.33. The van der Waals surface area contributed by atoms with Crippen molar-refractivity contribution in [2.24, 2.45) is 0 Å². The number of unbranched alkanes of at least 4 members (excludes halogenated alkanes) is 1. The Morgan fingerprint density at radius 1 is 1.11 bits per heavy atom. The highest BCUT2D eigenvalue weighted by Gasteiger charge is 2.18. The minimum absolute atomic E-state index is 0.0101. The lowest BCUT2D eigenvalue weighted by Gasteiger charge is -2.19. The van der Waals surface area contributed by atoms with E-state index < -0.39 is 0 Å². The van der Waals surface area contributed by atoms with E-state index in [2.05, 4.69) is 36.5 Å². The van der Waals surface area contributed by atoms with Crippen LogP contribution in [-0.4, -0.2) is 10.5 Å². The average Bonchev–Trinajstić information content (AvgIpc) is 3.21. The van der Waals surface area contributed by atoms with Crippen molar-refractivity contribution < 1.29 is 4.79 Å². The Kier molecular flexibility index (Phi) is 6.60. The van der Waals surface area contributed by atoms with Gasteiger partial charge in [-0.25, -0.2) is 0 Å². The molecule has 3 aromatic rings. The van der Waals surface area contributed by atoms with E-state index in [1.807, 2.05) is 17.5 Å². The van der Waals surface area contributed by atoms with Crippen molar-refractivity contribution in [2.45, 2.75) is 38.8 Å². The summed E-state index contributed by atoms with van der Waals surface area (Å²) in [7, 11) is 0. The van der Waals surface area contributed by atoms with E-state index in [1.54, 1.807) is 29.7 Å². The average molecular weight is 381 g/mol. The third-order valence-electron chi connectivity index (χ3n) is 4.48. The van der Waals surface area contributed by atoms with E-state index in [-0.39, 0.29) is 24.1 Å². The molecule has 0 aliphatic heterocycles. The van der Waals surface area contributed by atoms with Gasteiger partial charge in [-0.1, -0.05) is 49.7 Å². The first-order valence-corrected chi connectivity index (χ1v) is 10.1. The van der Waals surface area contributed by atoms with Gasteiger partial charge in [0.25, 0.3) is 5.56 Å². The summed E-state index contributed by atoms with van der Waals surface area (Å²) in [5, 5.41) is 5.09. The maximum Gasteiger partial charge on any atom is 0.250 e. The normalized spacial score (nSPS) is 11.9. The molecule has 0 saturated carbocycles. The van der Waals surface area contributed by atoms with Crippen LogP contribution in [0.15, 0.2) is 71.0 Å². The fourth-order valence-electron chi connectivity index (χ4n) is 2.98. The van der Waals surface area contributed by atoms with Gasteiger partial charge in [-0.3, -0.25) is 9.59 Å². The van der Waals surface area contributed by atoms with Gasteiger partial charge in [0.05, 0.1) is 6.04 Å². The summed E-state index contributed by atoms with van der Waals surface area (Å²) < 4.78 is 1.41. The Bertz CT molecular complexity index is 914. The Morgan fingerprint density at radius 2 is 1.93 bits per heavy atom. The summed E-state index contributed by atoms with van der Waals surface area (Å²) >= 11 is 1.61.